The monoisotopic (exact) mass is 426 g/mol. The molecule has 0 amide bonds. The highest BCUT2D eigenvalue weighted by Crippen LogP contribution is 2.63. The third-order valence-electron chi connectivity index (χ3n) is 6.54. The number of hydrogen-bond donors (Lipinski definition) is 1. The van der Waals surface area contributed by atoms with Crippen LogP contribution in [0.1, 0.15) is 65.5 Å². The summed E-state index contributed by atoms with van der Waals surface area (Å²) in [6.07, 6.45) is 2.11. The summed E-state index contributed by atoms with van der Waals surface area (Å²) in [6, 6.07) is 14.4. The minimum atomic E-state index is -3.17. The van der Waals surface area contributed by atoms with Crippen LogP contribution in [0.5, 0.6) is 5.75 Å². The van der Waals surface area contributed by atoms with Crippen LogP contribution in [0.2, 0.25) is 0 Å². The van der Waals surface area contributed by atoms with Gasteiger partial charge in [0.2, 0.25) is 0 Å². The van der Waals surface area contributed by atoms with E-state index in [4.69, 9.17) is 0 Å². The summed E-state index contributed by atoms with van der Waals surface area (Å²) in [6.45, 7) is 14.4. The van der Waals surface area contributed by atoms with Crippen LogP contribution in [0.15, 0.2) is 42.5 Å². The maximum atomic E-state index is 15.0. The molecule has 4 rings (SSSR count). The first-order valence-electron chi connectivity index (χ1n) is 11.0. The van der Waals surface area contributed by atoms with E-state index >= 15 is 4.57 Å². The van der Waals surface area contributed by atoms with Crippen LogP contribution < -0.4 is 9.97 Å². The van der Waals surface area contributed by atoms with Gasteiger partial charge in [0.25, 0.3) is 7.44 Å². The van der Waals surface area contributed by atoms with Gasteiger partial charge in [-0.2, -0.15) is 0 Å². The number of nitrogens with zero attached hydrogens (tertiary/aromatic N) is 2. The maximum absolute atomic E-state index is 15.0. The van der Waals surface area contributed by atoms with Crippen LogP contribution in [-0.2, 0) is 15.4 Å². The largest absolute Gasteiger partial charge is 0.507 e. The smallest absolute Gasteiger partial charge is 0.273 e. The molecule has 0 aliphatic carbocycles. The normalized spacial score (nSPS) is 25.0. The first-order valence-corrected chi connectivity index (χ1v) is 12.6. The molecule has 2 heterocycles. The molecule has 4 nitrogen and oxygen atoms in total. The number of para-hydroxylation sites is 1. The molecule has 1 N–H and O–H groups in total. The molecule has 30 heavy (non-hydrogen) atoms. The summed E-state index contributed by atoms with van der Waals surface area (Å²) in [5.74, 6) is 0.201. The minimum Gasteiger partial charge on any atom is -0.507 e. The van der Waals surface area contributed by atoms with E-state index in [0.717, 1.165) is 42.7 Å². The molecule has 2 aliphatic rings. The summed E-state index contributed by atoms with van der Waals surface area (Å²) in [7, 11) is -3.17. The van der Waals surface area contributed by atoms with Gasteiger partial charge in [-0.25, -0.2) is 4.67 Å². The Morgan fingerprint density at radius 2 is 1.67 bits per heavy atom. The first kappa shape index (κ1) is 21.5. The van der Waals surface area contributed by atoms with Crippen molar-refractivity contribution in [3.8, 4) is 5.75 Å². The van der Waals surface area contributed by atoms with Gasteiger partial charge in [-0.3, -0.25) is 4.57 Å². The number of rotatable bonds is 2. The van der Waals surface area contributed by atoms with Crippen molar-refractivity contribution in [2.24, 2.45) is 0 Å². The van der Waals surface area contributed by atoms with Crippen molar-refractivity contribution in [3.63, 3.8) is 0 Å². The molecule has 0 radical (unpaired) electrons. The van der Waals surface area contributed by atoms with Crippen molar-refractivity contribution < 1.29 is 9.67 Å². The fraction of sp³-hybridized carbons (Fsp3) is 0.520. The fourth-order valence-electron chi connectivity index (χ4n) is 4.79. The zero-order valence-corrected chi connectivity index (χ0v) is 20.0. The third-order valence-corrected chi connectivity index (χ3v) is 9.78. The Morgan fingerprint density at radius 3 is 2.27 bits per heavy atom. The van der Waals surface area contributed by atoms with Gasteiger partial charge in [0.15, 0.2) is 0 Å². The average molecular weight is 427 g/mol. The Kier molecular flexibility index (Phi) is 5.11. The average Bonchev–Trinajstić information content (AvgIpc) is 3.23. The second kappa shape index (κ2) is 7.14. The molecule has 2 aromatic rings. The number of anilines is 1. The third kappa shape index (κ3) is 3.39. The van der Waals surface area contributed by atoms with E-state index in [9.17, 15) is 5.11 Å². The second-order valence-corrected chi connectivity index (χ2v) is 13.4. The van der Waals surface area contributed by atoms with Crippen molar-refractivity contribution >= 4 is 18.4 Å². The van der Waals surface area contributed by atoms with Gasteiger partial charge in [-0.05, 0) is 47.4 Å². The molecule has 0 aromatic heterocycles. The van der Waals surface area contributed by atoms with E-state index < -0.39 is 7.44 Å². The highest BCUT2D eigenvalue weighted by Gasteiger charge is 2.53. The summed E-state index contributed by atoms with van der Waals surface area (Å²) in [5.41, 5.74) is 2.60. The Labute approximate surface area is 181 Å². The van der Waals surface area contributed by atoms with Crippen molar-refractivity contribution in [1.82, 2.24) is 4.67 Å². The molecule has 0 unspecified atom stereocenters. The van der Waals surface area contributed by atoms with Crippen LogP contribution in [0.4, 0.5) is 5.69 Å². The number of aromatic hydroxyl groups is 1. The van der Waals surface area contributed by atoms with Crippen molar-refractivity contribution in [2.45, 2.75) is 71.3 Å². The lowest BCUT2D eigenvalue weighted by molar-refractivity contribution is 0.430. The van der Waals surface area contributed by atoms with Crippen LogP contribution in [0.3, 0.4) is 0 Å². The van der Waals surface area contributed by atoms with Gasteiger partial charge in [0.05, 0.1) is 5.30 Å². The van der Waals surface area contributed by atoms with Gasteiger partial charge >= 0.3 is 0 Å². The highest BCUT2D eigenvalue weighted by molar-refractivity contribution is 7.71. The van der Waals surface area contributed by atoms with Crippen LogP contribution >= 0.6 is 7.44 Å². The Bertz CT molecular complexity index is 989. The van der Waals surface area contributed by atoms with E-state index in [-0.39, 0.29) is 22.6 Å². The second-order valence-electron chi connectivity index (χ2n) is 10.8. The zero-order chi connectivity index (χ0) is 21.9. The molecular formula is C25H35N2O2P. The Hall–Kier alpha value is -1.77. The number of benzene rings is 2. The quantitative estimate of drug-likeness (QED) is 0.617. The molecule has 0 saturated carbocycles. The first-order chi connectivity index (χ1) is 13.9. The predicted molar refractivity (Wildman–Crippen MR) is 126 cm³/mol. The highest BCUT2D eigenvalue weighted by atomic mass is 31.2. The molecule has 2 aliphatic heterocycles. The SMILES string of the molecule is CC(C)(C)c1cc(C(C)(C)C)c(O)c([P@@]2(=O)N(c3ccccc3)C[C@@H]3CCCN32)c1. The van der Waals surface area contributed by atoms with Crippen molar-refractivity contribution in [1.29, 1.82) is 0 Å². The van der Waals surface area contributed by atoms with E-state index in [1.54, 1.807) is 0 Å². The lowest BCUT2D eigenvalue weighted by Gasteiger charge is -2.34. The molecular weight excluding hydrogens is 391 g/mol. The van der Waals surface area contributed by atoms with Crippen LogP contribution in [-0.4, -0.2) is 28.9 Å². The Morgan fingerprint density at radius 1 is 1.00 bits per heavy atom. The summed E-state index contributed by atoms with van der Waals surface area (Å²) in [5, 5.41) is 12.1. The lowest BCUT2D eigenvalue weighted by atomic mass is 9.80. The summed E-state index contributed by atoms with van der Waals surface area (Å²) in [4.78, 5) is 0. The molecule has 2 fully saturated rings. The van der Waals surface area contributed by atoms with Crippen molar-refractivity contribution in [2.75, 3.05) is 17.8 Å². The van der Waals surface area contributed by atoms with Crippen molar-refractivity contribution in [3.05, 3.63) is 53.6 Å². The molecule has 162 valence electrons. The van der Waals surface area contributed by atoms with E-state index in [2.05, 4.69) is 56.9 Å². The van der Waals surface area contributed by atoms with Gasteiger partial charge in [0.1, 0.15) is 5.75 Å². The van der Waals surface area contributed by atoms with Gasteiger partial charge < -0.3 is 9.78 Å². The maximum Gasteiger partial charge on any atom is 0.273 e. The molecule has 0 spiro atoms. The lowest BCUT2D eigenvalue weighted by Crippen LogP contribution is -2.30. The van der Waals surface area contributed by atoms with Crippen LogP contribution in [0.25, 0.3) is 0 Å². The molecule has 2 aromatic carbocycles. The van der Waals surface area contributed by atoms with Gasteiger partial charge in [0, 0.05) is 30.4 Å². The predicted octanol–water partition coefficient (Wildman–Crippen LogP) is 5.79. The van der Waals surface area contributed by atoms with E-state index in [0.29, 0.717) is 5.30 Å². The summed E-state index contributed by atoms with van der Waals surface area (Å²) >= 11 is 0. The Balaban J connectivity index is 1.99. The summed E-state index contributed by atoms with van der Waals surface area (Å²) < 4.78 is 19.3. The van der Waals surface area contributed by atoms with Gasteiger partial charge in [-0.1, -0.05) is 65.8 Å². The minimum absolute atomic E-state index is 0.108. The topological polar surface area (TPSA) is 43.8 Å². The van der Waals surface area contributed by atoms with Gasteiger partial charge in [-0.15, -0.1) is 0 Å². The molecule has 0 bridgehead atoms. The molecule has 5 heteroatoms. The van der Waals surface area contributed by atoms with Crippen LogP contribution in [0, 0.1) is 0 Å². The van der Waals surface area contributed by atoms with E-state index in [1.165, 1.54) is 0 Å². The van der Waals surface area contributed by atoms with E-state index in [1.807, 2.05) is 36.4 Å². The number of phenols is 1. The number of hydrogen-bond acceptors (Lipinski definition) is 2. The zero-order valence-electron chi connectivity index (χ0n) is 19.1. The fourth-order valence-corrected chi connectivity index (χ4v) is 8.21. The standard InChI is InChI=1S/C25H35N2O2P/c1-24(2,3)18-15-21(25(4,5)6)23(28)22(16-18)30(29)26-14-10-13-20(26)17-27(30)19-11-8-7-9-12-19/h7-9,11-12,15-16,20,28H,10,13-14,17H2,1-6H3/t20-,30-/m0/s1. The number of fused-ring (bicyclic) bond motifs is 1. The number of phenolic OH excluding ortho intramolecular Hbond substituents is 1. The molecule has 2 atom stereocenters. The molecule has 2 saturated heterocycles.